The Labute approximate surface area is 76.1 Å². The van der Waals surface area contributed by atoms with Crippen molar-refractivity contribution in [1.82, 2.24) is 0 Å². The zero-order valence-electron chi connectivity index (χ0n) is 7.83. The molecule has 0 spiro atoms. The average Bonchev–Trinajstić information content (AvgIpc) is 2.61. The summed E-state index contributed by atoms with van der Waals surface area (Å²) in [4.78, 5) is 0. The molecule has 2 unspecified atom stereocenters. The molecule has 0 N–H and O–H groups in total. The van der Waals surface area contributed by atoms with Crippen molar-refractivity contribution in [3.63, 3.8) is 0 Å². The van der Waals surface area contributed by atoms with Gasteiger partial charge in [-0.15, -0.1) is 7.92 Å². The van der Waals surface area contributed by atoms with Gasteiger partial charge in [0.1, 0.15) is 0 Å². The fourth-order valence-electron chi connectivity index (χ4n) is 2.24. The summed E-state index contributed by atoms with van der Waals surface area (Å²) >= 11 is 0. The monoisotopic (exact) mass is 179 g/mol. The fourth-order valence-corrected chi connectivity index (χ4v) is 5.50. The van der Waals surface area contributed by atoms with Gasteiger partial charge in [0.05, 0.1) is 0 Å². The molecule has 1 aliphatic heterocycles. The van der Waals surface area contributed by atoms with Crippen molar-refractivity contribution >= 4 is 13.2 Å². The van der Waals surface area contributed by atoms with Gasteiger partial charge in [0, 0.05) is 0 Å². The Kier molecular flexibility index (Phi) is 2.28. The van der Waals surface area contributed by atoms with Crippen molar-refractivity contribution in [3.8, 4) is 0 Å². The van der Waals surface area contributed by atoms with Crippen molar-refractivity contribution in [2.45, 2.75) is 38.0 Å². The van der Waals surface area contributed by atoms with Gasteiger partial charge in [-0.05, 0) is 24.2 Å². The van der Waals surface area contributed by atoms with Gasteiger partial charge in [-0.2, -0.15) is 23.5 Å². The lowest BCUT2D eigenvalue weighted by molar-refractivity contribution is 0.777. The highest BCUT2D eigenvalue weighted by Crippen LogP contribution is 2.54. The second kappa shape index (κ2) is 3.26. The van der Waals surface area contributed by atoms with E-state index in [-0.39, 0.29) is 7.92 Å². The zero-order chi connectivity index (χ0) is 8.55. The summed E-state index contributed by atoms with van der Waals surface area (Å²) < 4.78 is 0. The lowest BCUT2D eigenvalue weighted by Gasteiger charge is -2.25. The molecule has 1 aromatic carbocycles. The number of rotatable bonds is 1. The fraction of sp³-hybridized carbons (Fsp3) is 0.545. The van der Waals surface area contributed by atoms with Gasteiger partial charge >= 0.3 is 0 Å². The molecule has 0 aromatic heterocycles. The predicted octanol–water partition coefficient (Wildman–Crippen LogP) is 3.08. The molecule has 0 radical (unpaired) electrons. The second-order valence-corrected chi connectivity index (χ2v) is 6.92. The molecule has 0 nitrogen and oxygen atoms in total. The van der Waals surface area contributed by atoms with Gasteiger partial charge in [-0.3, -0.25) is 0 Å². The normalized spacial score (nSPS) is 35.7. The molecule has 1 saturated heterocycles. The van der Waals surface area contributed by atoms with Crippen molar-refractivity contribution < 1.29 is 0 Å². The molecule has 0 saturated carbocycles. The van der Waals surface area contributed by atoms with Crippen LogP contribution in [0.1, 0.15) is 26.7 Å². The lowest BCUT2D eigenvalue weighted by Crippen LogP contribution is -2.08. The van der Waals surface area contributed by atoms with Crippen LogP contribution in [0.15, 0.2) is 24.3 Å². The largest absolute Gasteiger partial charge is 0.206 e. The van der Waals surface area contributed by atoms with E-state index in [1.807, 2.05) is 0 Å². The minimum absolute atomic E-state index is 0.174. The van der Waals surface area contributed by atoms with Crippen LogP contribution in [-0.2, 0) is 0 Å². The van der Waals surface area contributed by atoms with Gasteiger partial charge in [0.15, 0.2) is 0 Å². The summed E-state index contributed by atoms with van der Waals surface area (Å²) in [5.74, 6) is 0. The molecular weight excluding hydrogens is 163 g/mol. The van der Waals surface area contributed by atoms with E-state index in [0.29, 0.717) is 0 Å². The van der Waals surface area contributed by atoms with Crippen molar-refractivity contribution in [2.24, 2.45) is 0 Å². The van der Waals surface area contributed by atoms with Crippen molar-refractivity contribution in [3.05, 3.63) is 24.3 Å². The van der Waals surface area contributed by atoms with E-state index in [9.17, 15) is 0 Å². The molecular formula is C11H16P-. The summed E-state index contributed by atoms with van der Waals surface area (Å²) in [7, 11) is 0.174. The molecule has 1 heteroatoms. The highest BCUT2D eigenvalue weighted by atomic mass is 31.1. The lowest BCUT2D eigenvalue weighted by atomic mass is 10.2. The van der Waals surface area contributed by atoms with Crippen molar-refractivity contribution in [2.75, 3.05) is 0 Å². The Balaban J connectivity index is 2.22. The number of hydrogen-bond donors (Lipinski definition) is 0. The van der Waals surface area contributed by atoms with Crippen LogP contribution in [0, 0.1) is 0 Å². The van der Waals surface area contributed by atoms with Crippen LogP contribution >= 0.6 is 7.92 Å². The van der Waals surface area contributed by atoms with Gasteiger partial charge < -0.3 is 0 Å². The molecule has 66 valence electrons. The van der Waals surface area contributed by atoms with Crippen molar-refractivity contribution in [1.29, 1.82) is 0 Å². The molecule has 0 aliphatic carbocycles. The van der Waals surface area contributed by atoms with E-state index in [2.05, 4.69) is 38.1 Å². The van der Waals surface area contributed by atoms with Gasteiger partial charge in [0.25, 0.3) is 0 Å². The van der Waals surface area contributed by atoms with E-state index < -0.39 is 0 Å². The molecule has 12 heavy (non-hydrogen) atoms. The van der Waals surface area contributed by atoms with Crippen LogP contribution in [-0.4, -0.2) is 11.3 Å². The first-order chi connectivity index (χ1) is 5.79. The van der Waals surface area contributed by atoms with Gasteiger partial charge in [-0.25, -0.2) is 6.07 Å². The molecule has 1 fully saturated rings. The SMILES string of the molecule is CC1CC[C@@H](C)P1c1cc[cH-]c1. The van der Waals surface area contributed by atoms with Crippen LogP contribution in [0.3, 0.4) is 0 Å². The minimum atomic E-state index is 0.174. The third-order valence-electron chi connectivity index (χ3n) is 2.90. The standard InChI is InChI=1S/C11H16P/c1-9-7-8-10(2)12(9)11-5-3-4-6-11/h3-6,9-10H,7-8H2,1-2H3/q-1/t9-,10?,12?/m1/s1. The molecule has 3 atom stereocenters. The summed E-state index contributed by atoms with van der Waals surface area (Å²) in [6.45, 7) is 4.84. The van der Waals surface area contributed by atoms with Crippen LogP contribution in [0.2, 0.25) is 0 Å². The van der Waals surface area contributed by atoms with Gasteiger partial charge in [0.2, 0.25) is 0 Å². The van der Waals surface area contributed by atoms with E-state index >= 15 is 0 Å². The summed E-state index contributed by atoms with van der Waals surface area (Å²) in [5.41, 5.74) is 1.91. The third-order valence-corrected chi connectivity index (χ3v) is 6.21. The van der Waals surface area contributed by atoms with E-state index in [1.54, 1.807) is 5.30 Å². The van der Waals surface area contributed by atoms with Crippen LogP contribution in [0.4, 0.5) is 0 Å². The Morgan fingerprint density at radius 2 is 2.00 bits per heavy atom. The number of hydrogen-bond acceptors (Lipinski definition) is 0. The van der Waals surface area contributed by atoms with Crippen LogP contribution in [0.5, 0.6) is 0 Å². The Morgan fingerprint density at radius 3 is 2.50 bits per heavy atom. The Bertz CT molecular complexity index is 228. The maximum Gasteiger partial charge on any atom is -0.0309 e. The Morgan fingerprint density at radius 1 is 1.33 bits per heavy atom. The maximum atomic E-state index is 2.42. The first-order valence-corrected chi connectivity index (χ1v) is 6.27. The summed E-state index contributed by atoms with van der Waals surface area (Å²) in [6, 6.07) is 8.97. The quantitative estimate of drug-likeness (QED) is 0.459. The molecule has 1 aliphatic rings. The topological polar surface area (TPSA) is 0 Å². The van der Waals surface area contributed by atoms with E-state index in [4.69, 9.17) is 0 Å². The van der Waals surface area contributed by atoms with E-state index in [1.165, 1.54) is 12.8 Å². The first-order valence-electron chi connectivity index (χ1n) is 4.79. The van der Waals surface area contributed by atoms with Crippen LogP contribution < -0.4 is 5.30 Å². The maximum absolute atomic E-state index is 2.42. The summed E-state index contributed by atoms with van der Waals surface area (Å²) in [6.07, 6.45) is 2.89. The highest BCUT2D eigenvalue weighted by Gasteiger charge is 2.26. The summed E-state index contributed by atoms with van der Waals surface area (Å²) in [5, 5.41) is 1.63. The third kappa shape index (κ3) is 1.33. The second-order valence-electron chi connectivity index (χ2n) is 3.83. The van der Waals surface area contributed by atoms with Crippen LogP contribution in [0.25, 0.3) is 0 Å². The smallest absolute Gasteiger partial charge is 0.0309 e. The zero-order valence-corrected chi connectivity index (χ0v) is 8.72. The minimum Gasteiger partial charge on any atom is -0.206 e. The average molecular weight is 179 g/mol. The first kappa shape index (κ1) is 8.38. The van der Waals surface area contributed by atoms with E-state index in [0.717, 1.165) is 11.3 Å². The predicted molar refractivity (Wildman–Crippen MR) is 56.7 cm³/mol. The highest BCUT2D eigenvalue weighted by molar-refractivity contribution is 7.67. The molecule has 1 heterocycles. The van der Waals surface area contributed by atoms with Gasteiger partial charge in [-0.1, -0.05) is 13.8 Å². The molecule has 0 amide bonds. The molecule has 2 rings (SSSR count). The molecule has 1 aromatic rings. The Hall–Kier alpha value is -0.220. The molecule has 0 bridgehead atoms.